The Labute approximate surface area is 325 Å². The van der Waals surface area contributed by atoms with Crippen LogP contribution < -0.4 is 0 Å². The molecule has 0 radical (unpaired) electrons. The van der Waals surface area contributed by atoms with Gasteiger partial charge in [0.25, 0.3) is 0 Å². The van der Waals surface area contributed by atoms with E-state index in [1.165, 1.54) is 58.1 Å². The van der Waals surface area contributed by atoms with Crippen molar-refractivity contribution in [2.45, 2.75) is 0 Å². The maximum atomic E-state index is 5.28. The number of rotatable bonds is 4. The van der Waals surface area contributed by atoms with E-state index >= 15 is 0 Å². The van der Waals surface area contributed by atoms with Crippen molar-refractivity contribution in [3.05, 3.63) is 182 Å². The van der Waals surface area contributed by atoms with Crippen LogP contribution in [0.5, 0.6) is 0 Å². The van der Waals surface area contributed by atoms with E-state index in [-0.39, 0.29) is 0 Å². The Kier molecular flexibility index (Phi) is 6.76. The fraction of sp³-hybridized carbons (Fsp3) is 0. The second kappa shape index (κ2) is 12.2. The predicted octanol–water partition coefficient (Wildman–Crippen LogP) is 13.8. The monoisotopic (exact) mass is 730 g/mol. The van der Waals surface area contributed by atoms with Crippen LogP contribution in [0, 0.1) is 0 Å². The van der Waals surface area contributed by atoms with Crippen molar-refractivity contribution in [3.8, 4) is 39.9 Å². The van der Waals surface area contributed by atoms with E-state index in [0.29, 0.717) is 17.5 Å². The van der Waals surface area contributed by atoms with Crippen LogP contribution in [0.1, 0.15) is 0 Å². The van der Waals surface area contributed by atoms with Crippen LogP contribution in [-0.4, -0.2) is 19.5 Å². The smallest absolute Gasteiger partial charge is 0.164 e. The van der Waals surface area contributed by atoms with Crippen molar-refractivity contribution in [1.82, 2.24) is 19.5 Å². The zero-order chi connectivity index (χ0) is 36.7. The van der Waals surface area contributed by atoms with Crippen molar-refractivity contribution in [3.63, 3.8) is 0 Å². The molecule has 3 aromatic heterocycles. The number of nitrogens with zero attached hydrogens (tertiary/aromatic N) is 4. The normalized spacial score (nSPS) is 11.9. The lowest BCUT2D eigenvalue weighted by atomic mass is 9.99. The molecule has 0 atom stereocenters. The number of hydrogen-bond acceptors (Lipinski definition) is 4. The van der Waals surface area contributed by atoms with Crippen LogP contribution in [0.25, 0.3) is 114 Å². The van der Waals surface area contributed by atoms with Gasteiger partial charge >= 0.3 is 0 Å². The quantitative estimate of drug-likeness (QED) is 0.181. The van der Waals surface area contributed by atoms with Gasteiger partial charge in [0.15, 0.2) is 17.5 Å². The number of benzene rings is 9. The summed E-state index contributed by atoms with van der Waals surface area (Å²) in [6, 6.07) is 65.0. The third kappa shape index (κ3) is 4.75. The van der Waals surface area contributed by atoms with Gasteiger partial charge in [-0.15, -0.1) is 11.3 Å². The molecule has 0 aliphatic rings. The predicted molar refractivity (Wildman–Crippen MR) is 236 cm³/mol. The minimum Gasteiger partial charge on any atom is -0.309 e. The summed E-state index contributed by atoms with van der Waals surface area (Å²) in [5, 5.41) is 12.1. The lowest BCUT2D eigenvalue weighted by Gasteiger charge is -2.13. The minimum absolute atomic E-state index is 0.653. The Morgan fingerprint density at radius 1 is 0.375 bits per heavy atom. The van der Waals surface area contributed by atoms with Crippen LogP contribution in [-0.2, 0) is 0 Å². The first-order valence-electron chi connectivity index (χ1n) is 18.9. The third-order valence-corrected chi connectivity index (χ3v) is 12.4. The molecule has 0 fully saturated rings. The van der Waals surface area contributed by atoms with Crippen LogP contribution in [0.2, 0.25) is 0 Å². The van der Waals surface area contributed by atoms with Crippen LogP contribution in [0.4, 0.5) is 0 Å². The Hall–Kier alpha value is -7.21. The summed E-state index contributed by atoms with van der Waals surface area (Å²) < 4.78 is 4.88. The van der Waals surface area contributed by atoms with E-state index in [0.717, 1.165) is 38.5 Å². The third-order valence-electron chi connectivity index (χ3n) is 11.2. The standard InChI is InChI=1S/C51H30N4S/c1-2-14-33(15-3-1)49-52-50(36-23-22-31-12-4-5-16-34(31)28-36)54-51(53-49)42-29-35-24-26-37(30-41(35)48-47(42)40-19-9-11-21-45(40)56-48)55-43-20-10-8-18-39(43)46-38-17-7-6-13-32(38)25-27-44(46)55/h1-30H. The molecule has 12 aromatic rings. The van der Waals surface area contributed by atoms with Gasteiger partial charge in [-0.2, -0.15) is 0 Å². The molecule has 0 aliphatic heterocycles. The fourth-order valence-electron chi connectivity index (χ4n) is 8.60. The van der Waals surface area contributed by atoms with Gasteiger partial charge in [-0.3, -0.25) is 0 Å². The number of hydrogen-bond donors (Lipinski definition) is 0. The number of thiophene rings is 1. The van der Waals surface area contributed by atoms with Gasteiger partial charge in [0.2, 0.25) is 0 Å². The summed E-state index contributed by atoms with van der Waals surface area (Å²) >= 11 is 1.84. The highest BCUT2D eigenvalue weighted by molar-refractivity contribution is 7.26. The fourth-order valence-corrected chi connectivity index (χ4v) is 9.86. The van der Waals surface area contributed by atoms with Crippen molar-refractivity contribution in [1.29, 1.82) is 0 Å². The number of para-hydroxylation sites is 1. The van der Waals surface area contributed by atoms with Gasteiger partial charge < -0.3 is 4.57 Å². The molecular formula is C51H30N4S. The zero-order valence-electron chi connectivity index (χ0n) is 30.0. The Morgan fingerprint density at radius 2 is 1.04 bits per heavy atom. The first-order chi connectivity index (χ1) is 27.7. The lowest BCUT2D eigenvalue weighted by molar-refractivity contribution is 1.08. The van der Waals surface area contributed by atoms with Crippen LogP contribution in [0.3, 0.4) is 0 Å². The van der Waals surface area contributed by atoms with Gasteiger partial charge in [0.05, 0.1) is 11.0 Å². The van der Waals surface area contributed by atoms with Gasteiger partial charge in [0, 0.05) is 58.7 Å². The molecule has 0 unspecified atom stereocenters. The molecule has 0 spiro atoms. The van der Waals surface area contributed by atoms with E-state index in [4.69, 9.17) is 15.0 Å². The van der Waals surface area contributed by atoms with E-state index < -0.39 is 0 Å². The van der Waals surface area contributed by atoms with Gasteiger partial charge in [-0.1, -0.05) is 140 Å². The summed E-state index contributed by atoms with van der Waals surface area (Å²) in [5.41, 5.74) is 6.45. The summed E-state index contributed by atoms with van der Waals surface area (Å²) in [6.45, 7) is 0. The zero-order valence-corrected chi connectivity index (χ0v) is 30.8. The van der Waals surface area contributed by atoms with Crippen molar-refractivity contribution >= 4 is 85.6 Å². The van der Waals surface area contributed by atoms with E-state index in [1.54, 1.807) is 0 Å². The highest BCUT2D eigenvalue weighted by atomic mass is 32.1. The Morgan fingerprint density at radius 3 is 1.91 bits per heavy atom. The molecule has 0 saturated carbocycles. The molecule has 260 valence electrons. The minimum atomic E-state index is 0.653. The van der Waals surface area contributed by atoms with Crippen molar-refractivity contribution in [2.24, 2.45) is 0 Å². The summed E-state index contributed by atoms with van der Waals surface area (Å²) in [5.74, 6) is 1.97. The van der Waals surface area contributed by atoms with Gasteiger partial charge in [-0.05, 0) is 69.4 Å². The van der Waals surface area contributed by atoms with Crippen LogP contribution >= 0.6 is 11.3 Å². The maximum Gasteiger partial charge on any atom is 0.164 e. The van der Waals surface area contributed by atoms with Gasteiger partial charge in [-0.25, -0.2) is 15.0 Å². The number of fused-ring (bicyclic) bond motifs is 11. The van der Waals surface area contributed by atoms with E-state index in [9.17, 15) is 0 Å². The maximum absolute atomic E-state index is 5.28. The molecule has 9 aromatic carbocycles. The lowest BCUT2D eigenvalue weighted by Crippen LogP contribution is -2.00. The molecule has 0 aliphatic carbocycles. The number of aromatic nitrogens is 4. The average molecular weight is 731 g/mol. The Bertz CT molecular complexity index is 3540. The molecular weight excluding hydrogens is 701 g/mol. The summed E-state index contributed by atoms with van der Waals surface area (Å²) in [6.07, 6.45) is 0. The Balaban J connectivity index is 1.13. The highest BCUT2D eigenvalue weighted by Gasteiger charge is 2.21. The molecule has 4 nitrogen and oxygen atoms in total. The first kappa shape index (κ1) is 31.2. The second-order valence-electron chi connectivity index (χ2n) is 14.4. The largest absolute Gasteiger partial charge is 0.309 e. The SMILES string of the molecule is c1ccc(-c2nc(-c3ccc4ccccc4c3)nc(-c3cc4ccc(-n5c6ccccc6c6c7ccccc7ccc65)cc4c4sc5ccccc5c34)n2)cc1. The summed E-state index contributed by atoms with van der Waals surface area (Å²) in [7, 11) is 0. The molecule has 0 saturated heterocycles. The van der Waals surface area contributed by atoms with Crippen molar-refractivity contribution in [2.75, 3.05) is 0 Å². The van der Waals surface area contributed by atoms with E-state index in [2.05, 4.69) is 168 Å². The van der Waals surface area contributed by atoms with Crippen LogP contribution in [0.15, 0.2) is 182 Å². The molecule has 0 bridgehead atoms. The molecule has 56 heavy (non-hydrogen) atoms. The molecule has 0 amide bonds. The summed E-state index contributed by atoms with van der Waals surface area (Å²) in [4.78, 5) is 15.6. The topological polar surface area (TPSA) is 43.6 Å². The molecule has 3 heterocycles. The molecule has 12 rings (SSSR count). The van der Waals surface area contributed by atoms with E-state index in [1.807, 2.05) is 29.5 Å². The molecule has 5 heteroatoms. The first-order valence-corrected chi connectivity index (χ1v) is 19.7. The highest BCUT2D eigenvalue weighted by Crippen LogP contribution is 2.45. The average Bonchev–Trinajstić information content (AvgIpc) is 3.83. The van der Waals surface area contributed by atoms with Gasteiger partial charge in [0.1, 0.15) is 0 Å². The molecule has 0 N–H and O–H groups in total. The second-order valence-corrected chi connectivity index (χ2v) is 15.5. The van der Waals surface area contributed by atoms with Crippen molar-refractivity contribution < 1.29 is 0 Å².